The Morgan fingerprint density at radius 1 is 0.857 bits per heavy atom. The van der Waals surface area contributed by atoms with E-state index in [4.69, 9.17) is 4.99 Å². The summed E-state index contributed by atoms with van der Waals surface area (Å²) in [7, 11) is 0. The van der Waals surface area contributed by atoms with Gasteiger partial charge in [-0.1, -0.05) is 54.6 Å². The van der Waals surface area contributed by atoms with Gasteiger partial charge in [-0.05, 0) is 17.5 Å². The summed E-state index contributed by atoms with van der Waals surface area (Å²) in [6.07, 6.45) is 0.830. The SMILES string of the molecule is O=CN1C(c2ccccc2)=Nc2cccc3cccc1c23. The predicted octanol–water partition coefficient (Wildman–Crippen LogP) is 3.89. The minimum atomic E-state index is 0.664. The second-order valence-corrected chi connectivity index (χ2v) is 4.93. The number of hydrogen-bond acceptors (Lipinski definition) is 2. The molecule has 1 aliphatic heterocycles. The minimum Gasteiger partial charge on any atom is -0.278 e. The lowest BCUT2D eigenvalue weighted by atomic mass is 10.0. The zero-order chi connectivity index (χ0) is 14.2. The van der Waals surface area contributed by atoms with Gasteiger partial charge in [0.1, 0.15) is 5.84 Å². The second-order valence-electron chi connectivity index (χ2n) is 4.93. The van der Waals surface area contributed by atoms with Gasteiger partial charge in [-0.3, -0.25) is 9.69 Å². The van der Waals surface area contributed by atoms with Gasteiger partial charge in [0.25, 0.3) is 0 Å². The van der Waals surface area contributed by atoms with E-state index in [0.29, 0.717) is 5.84 Å². The van der Waals surface area contributed by atoms with Crippen LogP contribution in [0.15, 0.2) is 71.7 Å². The van der Waals surface area contributed by atoms with Crippen molar-refractivity contribution in [2.75, 3.05) is 4.90 Å². The average Bonchev–Trinajstić information content (AvgIpc) is 2.56. The first-order chi connectivity index (χ1) is 10.4. The van der Waals surface area contributed by atoms with Gasteiger partial charge in [-0.15, -0.1) is 0 Å². The van der Waals surface area contributed by atoms with Crippen LogP contribution in [-0.4, -0.2) is 12.2 Å². The van der Waals surface area contributed by atoms with Crippen molar-refractivity contribution in [2.45, 2.75) is 0 Å². The van der Waals surface area contributed by atoms with Crippen LogP contribution >= 0.6 is 0 Å². The summed E-state index contributed by atoms with van der Waals surface area (Å²) in [5.74, 6) is 0.664. The van der Waals surface area contributed by atoms with Crippen LogP contribution in [0.25, 0.3) is 10.8 Å². The quantitative estimate of drug-likeness (QED) is 0.651. The van der Waals surface area contributed by atoms with Gasteiger partial charge in [-0.2, -0.15) is 0 Å². The zero-order valence-corrected chi connectivity index (χ0v) is 11.2. The summed E-state index contributed by atoms with van der Waals surface area (Å²) in [6, 6.07) is 21.7. The molecule has 21 heavy (non-hydrogen) atoms. The molecule has 0 bridgehead atoms. The fraction of sp³-hybridized carbons (Fsp3) is 0. The van der Waals surface area contributed by atoms with Crippen LogP contribution in [0, 0.1) is 0 Å². The summed E-state index contributed by atoms with van der Waals surface area (Å²) in [5.41, 5.74) is 2.71. The fourth-order valence-corrected chi connectivity index (χ4v) is 2.78. The van der Waals surface area contributed by atoms with Crippen molar-refractivity contribution in [3.05, 3.63) is 72.3 Å². The van der Waals surface area contributed by atoms with E-state index in [2.05, 4.69) is 0 Å². The van der Waals surface area contributed by atoms with Crippen molar-refractivity contribution < 1.29 is 4.79 Å². The molecule has 4 rings (SSSR count). The molecule has 1 aliphatic rings. The number of anilines is 1. The van der Waals surface area contributed by atoms with Crippen molar-refractivity contribution in [3.8, 4) is 0 Å². The maximum atomic E-state index is 11.6. The molecule has 100 valence electrons. The first kappa shape index (κ1) is 11.9. The third-order valence-corrected chi connectivity index (χ3v) is 3.71. The molecule has 1 heterocycles. The minimum absolute atomic E-state index is 0.664. The molecule has 1 amide bonds. The van der Waals surface area contributed by atoms with Gasteiger partial charge in [0, 0.05) is 10.9 Å². The van der Waals surface area contributed by atoms with Gasteiger partial charge < -0.3 is 0 Å². The number of rotatable bonds is 2. The summed E-state index contributed by atoms with van der Waals surface area (Å²) in [5, 5.41) is 2.11. The summed E-state index contributed by atoms with van der Waals surface area (Å²) < 4.78 is 0. The smallest absolute Gasteiger partial charge is 0.219 e. The Morgan fingerprint density at radius 3 is 2.38 bits per heavy atom. The summed E-state index contributed by atoms with van der Waals surface area (Å²) in [6.45, 7) is 0. The van der Waals surface area contributed by atoms with Crippen LogP contribution in [0.4, 0.5) is 11.4 Å². The largest absolute Gasteiger partial charge is 0.278 e. The maximum Gasteiger partial charge on any atom is 0.219 e. The van der Waals surface area contributed by atoms with Gasteiger partial charge in [0.15, 0.2) is 0 Å². The van der Waals surface area contributed by atoms with Crippen LogP contribution in [0.3, 0.4) is 0 Å². The van der Waals surface area contributed by atoms with E-state index < -0.39 is 0 Å². The highest BCUT2D eigenvalue weighted by Crippen LogP contribution is 2.38. The average molecular weight is 272 g/mol. The molecule has 0 fully saturated rings. The molecule has 3 aromatic rings. The number of nitrogens with zero attached hydrogens (tertiary/aromatic N) is 2. The number of amides is 1. The van der Waals surface area contributed by atoms with Gasteiger partial charge in [0.05, 0.1) is 11.4 Å². The molecule has 0 spiro atoms. The normalized spacial score (nSPS) is 13.1. The van der Waals surface area contributed by atoms with Crippen molar-refractivity contribution in [1.29, 1.82) is 0 Å². The van der Waals surface area contributed by atoms with E-state index in [1.807, 2.05) is 66.7 Å². The number of hydrogen-bond donors (Lipinski definition) is 0. The highest BCUT2D eigenvalue weighted by molar-refractivity contribution is 6.26. The molecule has 0 aromatic heterocycles. The summed E-state index contributed by atoms with van der Waals surface area (Å²) in [4.78, 5) is 18.0. The van der Waals surface area contributed by atoms with Crippen molar-refractivity contribution in [1.82, 2.24) is 0 Å². The monoisotopic (exact) mass is 272 g/mol. The number of aliphatic imine (C=N–C) groups is 1. The topological polar surface area (TPSA) is 32.7 Å². The predicted molar refractivity (Wildman–Crippen MR) is 85.1 cm³/mol. The Labute approximate surface area is 122 Å². The second kappa shape index (κ2) is 4.56. The van der Waals surface area contributed by atoms with E-state index in [0.717, 1.165) is 34.1 Å². The molecule has 3 nitrogen and oxygen atoms in total. The molecule has 3 heteroatoms. The summed E-state index contributed by atoms with van der Waals surface area (Å²) >= 11 is 0. The highest BCUT2D eigenvalue weighted by atomic mass is 16.1. The van der Waals surface area contributed by atoms with Gasteiger partial charge in [-0.25, -0.2) is 4.99 Å². The standard InChI is InChI=1S/C18H12N2O/c21-12-20-16-11-5-9-13-8-4-10-15(17(13)16)19-18(20)14-6-2-1-3-7-14/h1-12H. The van der Waals surface area contributed by atoms with E-state index in [9.17, 15) is 4.79 Å². The maximum absolute atomic E-state index is 11.6. The molecule has 0 saturated heterocycles. The molecular weight excluding hydrogens is 260 g/mol. The molecule has 0 aliphatic carbocycles. The highest BCUT2D eigenvalue weighted by Gasteiger charge is 2.23. The van der Waals surface area contributed by atoms with Crippen molar-refractivity contribution >= 4 is 34.4 Å². The van der Waals surface area contributed by atoms with Gasteiger partial charge >= 0.3 is 0 Å². The molecule has 0 radical (unpaired) electrons. The van der Waals surface area contributed by atoms with E-state index >= 15 is 0 Å². The number of carbonyl (C=O) groups excluding carboxylic acids is 1. The fourth-order valence-electron chi connectivity index (χ4n) is 2.78. The zero-order valence-electron chi connectivity index (χ0n) is 11.2. The Morgan fingerprint density at radius 2 is 1.62 bits per heavy atom. The van der Waals surface area contributed by atoms with Gasteiger partial charge in [0.2, 0.25) is 6.41 Å². The number of carbonyl (C=O) groups is 1. The lowest BCUT2D eigenvalue weighted by molar-refractivity contribution is -0.106. The van der Waals surface area contributed by atoms with E-state index in [-0.39, 0.29) is 0 Å². The molecule has 0 saturated carbocycles. The number of benzene rings is 3. The lowest BCUT2D eigenvalue weighted by Crippen LogP contribution is -2.31. The van der Waals surface area contributed by atoms with Crippen LogP contribution in [0.2, 0.25) is 0 Å². The van der Waals surface area contributed by atoms with Crippen LogP contribution in [-0.2, 0) is 4.79 Å². The van der Waals surface area contributed by atoms with E-state index in [1.165, 1.54) is 0 Å². The Hall–Kier alpha value is -2.94. The number of amidine groups is 1. The molecule has 0 unspecified atom stereocenters. The van der Waals surface area contributed by atoms with Crippen molar-refractivity contribution in [3.63, 3.8) is 0 Å². The van der Waals surface area contributed by atoms with Crippen LogP contribution < -0.4 is 4.90 Å². The molecular formula is C18H12N2O. The third kappa shape index (κ3) is 1.75. The van der Waals surface area contributed by atoms with Crippen LogP contribution in [0.5, 0.6) is 0 Å². The Kier molecular flexibility index (Phi) is 2.57. The lowest BCUT2D eigenvalue weighted by Gasteiger charge is -2.26. The Bertz CT molecular complexity index is 864. The first-order valence-electron chi connectivity index (χ1n) is 6.79. The first-order valence-corrected chi connectivity index (χ1v) is 6.79. The van der Waals surface area contributed by atoms with Crippen molar-refractivity contribution in [2.24, 2.45) is 4.99 Å². The molecule has 0 N–H and O–H groups in total. The Balaban J connectivity index is 2.04. The third-order valence-electron chi connectivity index (χ3n) is 3.71. The molecule has 3 aromatic carbocycles. The van der Waals surface area contributed by atoms with E-state index in [1.54, 1.807) is 4.90 Å². The van der Waals surface area contributed by atoms with Crippen LogP contribution in [0.1, 0.15) is 5.56 Å². The molecule has 0 atom stereocenters.